The summed E-state index contributed by atoms with van der Waals surface area (Å²) in [6, 6.07) is 9.13. The molecule has 1 aromatic rings. The molecule has 2 aliphatic rings. The van der Waals surface area contributed by atoms with Crippen LogP contribution < -0.4 is 0 Å². The van der Waals surface area contributed by atoms with Gasteiger partial charge in [-0.2, -0.15) is 0 Å². The summed E-state index contributed by atoms with van der Waals surface area (Å²) in [4.78, 5) is 0. The van der Waals surface area contributed by atoms with Crippen LogP contribution in [0.25, 0.3) is 0 Å². The van der Waals surface area contributed by atoms with Crippen LogP contribution in [0.15, 0.2) is 36.9 Å². The lowest BCUT2D eigenvalue weighted by Crippen LogP contribution is -2.25. The molecule has 0 radical (unpaired) electrons. The molecule has 1 heteroatoms. The highest BCUT2D eigenvalue weighted by Crippen LogP contribution is 2.42. The van der Waals surface area contributed by atoms with E-state index >= 15 is 0 Å². The highest BCUT2D eigenvalue weighted by atomic mass is 16.5. The van der Waals surface area contributed by atoms with Gasteiger partial charge < -0.3 is 4.74 Å². The molecule has 1 nitrogen and oxygen atoms in total. The van der Waals surface area contributed by atoms with E-state index in [-0.39, 0.29) is 0 Å². The van der Waals surface area contributed by atoms with Crippen LogP contribution in [0, 0.1) is 23.7 Å². The van der Waals surface area contributed by atoms with Gasteiger partial charge in [0.15, 0.2) is 0 Å². The summed E-state index contributed by atoms with van der Waals surface area (Å²) >= 11 is 0. The number of rotatable bonds is 9. The van der Waals surface area contributed by atoms with Crippen molar-refractivity contribution in [3.63, 3.8) is 0 Å². The average Bonchev–Trinajstić information content (AvgIpc) is 2.74. The van der Waals surface area contributed by atoms with Crippen molar-refractivity contribution in [1.29, 1.82) is 0 Å². The number of ether oxygens (including phenoxy) is 1. The highest BCUT2D eigenvalue weighted by Gasteiger charge is 2.30. The molecular formula is C26H40O. The fourth-order valence-corrected chi connectivity index (χ4v) is 5.31. The Hall–Kier alpha value is -1.08. The van der Waals surface area contributed by atoms with E-state index < -0.39 is 0 Å². The first-order chi connectivity index (χ1) is 13.3. The zero-order valence-corrected chi connectivity index (χ0v) is 17.5. The Morgan fingerprint density at radius 2 is 1.48 bits per heavy atom. The molecule has 0 spiro atoms. The Kier molecular flexibility index (Phi) is 8.45. The van der Waals surface area contributed by atoms with Crippen LogP contribution in [0.3, 0.4) is 0 Å². The Morgan fingerprint density at radius 1 is 0.889 bits per heavy atom. The lowest BCUT2D eigenvalue weighted by atomic mass is 9.68. The molecular weight excluding hydrogens is 328 g/mol. The zero-order valence-electron chi connectivity index (χ0n) is 17.5. The smallest absolute Gasteiger partial charge is 0.0716 e. The maximum absolute atomic E-state index is 5.63. The van der Waals surface area contributed by atoms with Crippen molar-refractivity contribution < 1.29 is 4.74 Å². The summed E-state index contributed by atoms with van der Waals surface area (Å²) in [6.07, 6.45) is 17.5. The summed E-state index contributed by atoms with van der Waals surface area (Å²) in [5.74, 6) is 3.81. The maximum Gasteiger partial charge on any atom is 0.0716 e. The van der Waals surface area contributed by atoms with Crippen LogP contribution in [0.1, 0.15) is 82.3 Å². The largest absolute Gasteiger partial charge is 0.377 e. The summed E-state index contributed by atoms with van der Waals surface area (Å²) in [6.45, 7) is 7.77. The first kappa shape index (κ1) is 20.6. The summed E-state index contributed by atoms with van der Waals surface area (Å²) in [5, 5.41) is 0. The Labute approximate surface area is 167 Å². The van der Waals surface area contributed by atoms with E-state index in [4.69, 9.17) is 4.74 Å². The third-order valence-corrected chi connectivity index (χ3v) is 7.19. The first-order valence-corrected chi connectivity index (χ1v) is 11.6. The van der Waals surface area contributed by atoms with Gasteiger partial charge in [-0.3, -0.25) is 0 Å². The minimum atomic E-state index is 0.757. The third-order valence-electron chi connectivity index (χ3n) is 7.19. The van der Waals surface area contributed by atoms with Crippen molar-refractivity contribution in [2.45, 2.75) is 84.2 Å². The summed E-state index contributed by atoms with van der Waals surface area (Å²) in [7, 11) is 0. The molecule has 1 aromatic carbocycles. The summed E-state index contributed by atoms with van der Waals surface area (Å²) < 4.78 is 5.63. The lowest BCUT2D eigenvalue weighted by Gasteiger charge is -2.37. The van der Waals surface area contributed by atoms with E-state index in [2.05, 4.69) is 43.8 Å². The van der Waals surface area contributed by atoms with Gasteiger partial charge in [0.25, 0.3) is 0 Å². The molecule has 27 heavy (non-hydrogen) atoms. The van der Waals surface area contributed by atoms with Crippen LogP contribution in [-0.2, 0) is 17.8 Å². The molecule has 2 fully saturated rings. The molecule has 0 bridgehead atoms. The monoisotopic (exact) mass is 368 g/mol. The van der Waals surface area contributed by atoms with E-state index in [0.29, 0.717) is 0 Å². The van der Waals surface area contributed by atoms with Gasteiger partial charge in [-0.15, -0.1) is 6.58 Å². The fourth-order valence-electron chi connectivity index (χ4n) is 5.31. The van der Waals surface area contributed by atoms with Crippen molar-refractivity contribution in [3.8, 4) is 0 Å². The van der Waals surface area contributed by atoms with Crippen LogP contribution in [0.4, 0.5) is 0 Å². The zero-order chi connectivity index (χ0) is 18.9. The van der Waals surface area contributed by atoms with Gasteiger partial charge in [-0.05, 0) is 92.6 Å². The van der Waals surface area contributed by atoms with Crippen molar-refractivity contribution in [1.82, 2.24) is 0 Å². The molecule has 3 rings (SSSR count). The molecule has 0 saturated heterocycles. The number of allylic oxidation sites excluding steroid dienone is 1. The van der Waals surface area contributed by atoms with Gasteiger partial charge in [0.1, 0.15) is 0 Å². The maximum atomic E-state index is 5.63. The molecule has 2 aliphatic carbocycles. The number of hydrogen-bond acceptors (Lipinski definition) is 1. The van der Waals surface area contributed by atoms with Crippen LogP contribution >= 0.6 is 0 Å². The number of hydrogen-bond donors (Lipinski definition) is 0. The van der Waals surface area contributed by atoms with Gasteiger partial charge in [0.05, 0.1) is 6.61 Å². The Bertz CT molecular complexity index is 530. The van der Waals surface area contributed by atoms with Gasteiger partial charge in [0.2, 0.25) is 0 Å². The molecule has 0 aromatic heterocycles. The average molecular weight is 369 g/mol. The molecule has 150 valence electrons. The molecule has 2 saturated carbocycles. The van der Waals surface area contributed by atoms with E-state index in [0.717, 1.165) is 43.3 Å². The van der Waals surface area contributed by atoms with Crippen LogP contribution in [0.5, 0.6) is 0 Å². The second kappa shape index (κ2) is 11.1. The minimum Gasteiger partial charge on any atom is -0.377 e. The van der Waals surface area contributed by atoms with E-state index in [1.54, 1.807) is 0 Å². The topological polar surface area (TPSA) is 9.23 Å². The highest BCUT2D eigenvalue weighted by molar-refractivity contribution is 5.22. The van der Waals surface area contributed by atoms with E-state index in [1.165, 1.54) is 75.3 Å². The SMILES string of the molecule is C=C[C@H]1CC[C@H]([C@H]2CC[C@H](CCc3ccc(COCCC)cc3)CC2)CC1. The Balaban J connectivity index is 1.34. The van der Waals surface area contributed by atoms with Crippen molar-refractivity contribution in [2.24, 2.45) is 23.7 Å². The predicted molar refractivity (Wildman–Crippen MR) is 116 cm³/mol. The molecule has 0 heterocycles. The molecule has 0 aliphatic heterocycles. The molecule has 0 atom stereocenters. The fraction of sp³-hybridized carbons (Fsp3) is 0.692. The van der Waals surface area contributed by atoms with Gasteiger partial charge in [0, 0.05) is 6.61 Å². The van der Waals surface area contributed by atoms with E-state index in [9.17, 15) is 0 Å². The van der Waals surface area contributed by atoms with Crippen LogP contribution in [-0.4, -0.2) is 6.61 Å². The second-order valence-corrected chi connectivity index (χ2v) is 9.10. The molecule has 0 N–H and O–H groups in total. The third kappa shape index (κ3) is 6.49. The summed E-state index contributed by atoms with van der Waals surface area (Å²) in [5.41, 5.74) is 2.80. The van der Waals surface area contributed by atoms with Crippen molar-refractivity contribution in [2.75, 3.05) is 6.61 Å². The minimum absolute atomic E-state index is 0.757. The standard InChI is InChI=1S/C26H40O/c1-3-19-27-20-24-9-7-22(8-10-24)5-6-23-13-17-26(18-14-23)25-15-11-21(4-2)12-16-25/h4,7-10,21,23,25-26H,2-3,5-6,11-20H2,1H3/t21-,23-,25-,26-. The lowest BCUT2D eigenvalue weighted by molar-refractivity contribution is 0.121. The number of aryl methyl sites for hydroxylation is 1. The first-order valence-electron chi connectivity index (χ1n) is 11.6. The van der Waals surface area contributed by atoms with Crippen molar-refractivity contribution >= 4 is 0 Å². The van der Waals surface area contributed by atoms with Crippen LogP contribution in [0.2, 0.25) is 0 Å². The molecule has 0 unspecified atom stereocenters. The van der Waals surface area contributed by atoms with Gasteiger partial charge >= 0.3 is 0 Å². The Morgan fingerprint density at radius 3 is 2.07 bits per heavy atom. The number of benzene rings is 1. The molecule has 0 amide bonds. The second-order valence-electron chi connectivity index (χ2n) is 9.10. The van der Waals surface area contributed by atoms with Gasteiger partial charge in [-0.1, -0.05) is 50.1 Å². The van der Waals surface area contributed by atoms with Crippen molar-refractivity contribution in [3.05, 3.63) is 48.0 Å². The predicted octanol–water partition coefficient (Wildman–Crippen LogP) is 7.34. The van der Waals surface area contributed by atoms with Gasteiger partial charge in [-0.25, -0.2) is 0 Å². The normalized spacial score (nSPS) is 28.8. The quantitative estimate of drug-likeness (QED) is 0.327. The van der Waals surface area contributed by atoms with E-state index in [1.807, 2.05) is 0 Å².